The molecule has 122 valence electrons. The maximum Gasteiger partial charge on any atom is 0.219 e. The lowest BCUT2D eigenvalue weighted by Gasteiger charge is -2.39. The molecule has 1 aromatic heterocycles. The molecule has 3 rings (SSSR count). The van der Waals surface area contributed by atoms with Crippen LogP contribution in [0.15, 0.2) is 11.6 Å². The van der Waals surface area contributed by atoms with Crippen LogP contribution < -0.4 is 0 Å². The van der Waals surface area contributed by atoms with Crippen molar-refractivity contribution in [2.24, 2.45) is 5.41 Å². The van der Waals surface area contributed by atoms with Crippen LogP contribution in [0.5, 0.6) is 0 Å². The van der Waals surface area contributed by atoms with Gasteiger partial charge in [0, 0.05) is 25.0 Å². The van der Waals surface area contributed by atoms with Gasteiger partial charge in [0.05, 0.1) is 18.7 Å². The highest BCUT2D eigenvalue weighted by molar-refractivity contribution is 7.09. The number of carbonyl (C=O) groups is 1. The van der Waals surface area contributed by atoms with Gasteiger partial charge in [0.25, 0.3) is 0 Å². The molecule has 2 saturated heterocycles. The lowest BCUT2D eigenvalue weighted by Crippen LogP contribution is -2.46. The van der Waals surface area contributed by atoms with Gasteiger partial charge in [0.15, 0.2) is 0 Å². The van der Waals surface area contributed by atoms with Gasteiger partial charge in [0.1, 0.15) is 5.01 Å². The summed E-state index contributed by atoms with van der Waals surface area (Å²) in [5.41, 5.74) is -0.203. The minimum absolute atomic E-state index is 0.0527. The standard InChI is InChI=1S/C16H25N3O2S/c1-13(21)19-11-16(10-15(19,2)12-20)3-6-18(7-4-16)9-14-17-5-8-22-14/h5,8,20H,3-4,6-7,9-12H2,1-2H3. The monoisotopic (exact) mass is 323 g/mol. The fraction of sp³-hybridized carbons (Fsp3) is 0.750. The van der Waals surface area contributed by atoms with E-state index >= 15 is 0 Å². The van der Waals surface area contributed by atoms with Gasteiger partial charge in [-0.3, -0.25) is 9.69 Å². The summed E-state index contributed by atoms with van der Waals surface area (Å²) in [6, 6.07) is 0. The van der Waals surface area contributed by atoms with E-state index in [1.807, 2.05) is 23.4 Å². The van der Waals surface area contributed by atoms with Crippen molar-refractivity contribution in [1.82, 2.24) is 14.8 Å². The zero-order valence-electron chi connectivity index (χ0n) is 13.4. The number of hydrogen-bond acceptors (Lipinski definition) is 5. The van der Waals surface area contributed by atoms with Crippen LogP contribution in [-0.2, 0) is 11.3 Å². The maximum atomic E-state index is 11.9. The van der Waals surface area contributed by atoms with Crippen LogP contribution in [0.3, 0.4) is 0 Å². The molecular formula is C16H25N3O2S. The molecule has 1 spiro atoms. The average molecular weight is 323 g/mol. The van der Waals surface area contributed by atoms with Crippen LogP contribution in [0.4, 0.5) is 0 Å². The van der Waals surface area contributed by atoms with Crippen LogP contribution in [-0.4, -0.2) is 57.6 Å². The summed E-state index contributed by atoms with van der Waals surface area (Å²) in [7, 11) is 0. The molecule has 0 aliphatic carbocycles. The number of carbonyl (C=O) groups excluding carboxylic acids is 1. The lowest BCUT2D eigenvalue weighted by molar-refractivity contribution is -0.134. The van der Waals surface area contributed by atoms with Crippen LogP contribution in [0.2, 0.25) is 0 Å². The summed E-state index contributed by atoms with van der Waals surface area (Å²) in [6.07, 6.45) is 4.97. The zero-order chi connectivity index (χ0) is 15.8. The molecule has 0 bridgehead atoms. The van der Waals surface area contributed by atoms with Crippen molar-refractivity contribution in [3.8, 4) is 0 Å². The summed E-state index contributed by atoms with van der Waals surface area (Å²) in [4.78, 5) is 20.6. The number of nitrogens with zero attached hydrogens (tertiary/aromatic N) is 3. The van der Waals surface area contributed by atoms with E-state index in [0.717, 1.165) is 45.4 Å². The molecule has 1 atom stereocenters. The molecule has 1 amide bonds. The van der Waals surface area contributed by atoms with E-state index in [-0.39, 0.29) is 23.5 Å². The number of piperidine rings is 1. The molecule has 1 N–H and O–H groups in total. The van der Waals surface area contributed by atoms with Gasteiger partial charge >= 0.3 is 0 Å². The molecule has 0 radical (unpaired) electrons. The topological polar surface area (TPSA) is 56.7 Å². The van der Waals surface area contributed by atoms with Crippen molar-refractivity contribution in [2.45, 2.75) is 45.2 Å². The molecule has 2 fully saturated rings. The average Bonchev–Trinajstić information content (AvgIpc) is 3.09. The van der Waals surface area contributed by atoms with Gasteiger partial charge in [-0.15, -0.1) is 11.3 Å². The largest absolute Gasteiger partial charge is 0.394 e. The number of aliphatic hydroxyl groups is 1. The molecule has 6 heteroatoms. The number of thiazole rings is 1. The molecule has 3 heterocycles. The highest BCUT2D eigenvalue weighted by Crippen LogP contribution is 2.48. The molecule has 2 aliphatic rings. The third-order valence-electron chi connectivity index (χ3n) is 5.38. The minimum Gasteiger partial charge on any atom is -0.394 e. The highest BCUT2D eigenvalue weighted by atomic mass is 32.1. The summed E-state index contributed by atoms with van der Waals surface area (Å²) in [5, 5.41) is 13.0. The van der Waals surface area contributed by atoms with E-state index < -0.39 is 0 Å². The van der Waals surface area contributed by atoms with Crippen molar-refractivity contribution in [1.29, 1.82) is 0 Å². The normalized spacial score (nSPS) is 28.4. The van der Waals surface area contributed by atoms with Crippen molar-refractivity contribution in [3.63, 3.8) is 0 Å². The first-order valence-corrected chi connectivity index (χ1v) is 8.84. The molecule has 1 unspecified atom stereocenters. The van der Waals surface area contributed by atoms with Crippen molar-refractivity contribution >= 4 is 17.2 Å². The highest BCUT2D eigenvalue weighted by Gasteiger charge is 2.52. The van der Waals surface area contributed by atoms with Crippen molar-refractivity contribution in [2.75, 3.05) is 26.2 Å². The van der Waals surface area contributed by atoms with Gasteiger partial charge in [-0.1, -0.05) is 0 Å². The Bertz CT molecular complexity index is 526. The fourth-order valence-corrected chi connectivity index (χ4v) is 4.82. The number of amides is 1. The van der Waals surface area contributed by atoms with Crippen LogP contribution in [0.1, 0.15) is 38.1 Å². The molecule has 5 nitrogen and oxygen atoms in total. The van der Waals surface area contributed by atoms with Gasteiger partial charge in [-0.25, -0.2) is 4.98 Å². The third kappa shape index (κ3) is 2.92. The quantitative estimate of drug-likeness (QED) is 0.920. The number of hydrogen-bond donors (Lipinski definition) is 1. The predicted molar refractivity (Wildman–Crippen MR) is 86.6 cm³/mol. The first kappa shape index (κ1) is 15.9. The Hall–Kier alpha value is -0.980. The van der Waals surface area contributed by atoms with Crippen molar-refractivity contribution in [3.05, 3.63) is 16.6 Å². The SMILES string of the molecule is CC(=O)N1CC2(CCN(Cc3nccs3)CC2)CC1(C)CO. The Morgan fingerprint density at radius 2 is 2.18 bits per heavy atom. The van der Waals surface area contributed by atoms with Crippen LogP contribution in [0.25, 0.3) is 0 Å². The van der Waals surface area contributed by atoms with E-state index in [2.05, 4.69) is 9.88 Å². The van der Waals surface area contributed by atoms with Gasteiger partial charge in [-0.2, -0.15) is 0 Å². The number of likely N-dealkylation sites (tertiary alicyclic amines) is 2. The van der Waals surface area contributed by atoms with Gasteiger partial charge in [-0.05, 0) is 44.7 Å². The summed E-state index contributed by atoms with van der Waals surface area (Å²) in [5.74, 6) is 0.0821. The smallest absolute Gasteiger partial charge is 0.219 e. The minimum atomic E-state index is -0.386. The first-order valence-electron chi connectivity index (χ1n) is 7.96. The number of aromatic nitrogens is 1. The Kier molecular flexibility index (Phi) is 4.27. The molecule has 0 saturated carbocycles. The maximum absolute atomic E-state index is 11.9. The third-order valence-corrected chi connectivity index (χ3v) is 6.15. The molecule has 1 aromatic rings. The van der Waals surface area contributed by atoms with Gasteiger partial charge in [0.2, 0.25) is 5.91 Å². The van der Waals surface area contributed by atoms with Crippen molar-refractivity contribution < 1.29 is 9.90 Å². The lowest BCUT2D eigenvalue weighted by atomic mass is 9.74. The Labute approximate surface area is 135 Å². The molecule has 2 aliphatic heterocycles. The second kappa shape index (κ2) is 5.91. The van der Waals surface area contributed by atoms with E-state index in [9.17, 15) is 9.90 Å². The number of aliphatic hydroxyl groups excluding tert-OH is 1. The number of rotatable bonds is 3. The Morgan fingerprint density at radius 3 is 2.68 bits per heavy atom. The van der Waals surface area contributed by atoms with E-state index in [4.69, 9.17) is 0 Å². The first-order chi connectivity index (χ1) is 10.5. The summed E-state index contributed by atoms with van der Waals surface area (Å²) >= 11 is 1.71. The zero-order valence-corrected chi connectivity index (χ0v) is 14.2. The Balaban J connectivity index is 1.64. The molecular weight excluding hydrogens is 298 g/mol. The predicted octanol–water partition coefficient (Wildman–Crippen LogP) is 1.73. The second-order valence-electron chi connectivity index (χ2n) is 7.14. The van der Waals surface area contributed by atoms with Gasteiger partial charge < -0.3 is 10.0 Å². The molecule has 22 heavy (non-hydrogen) atoms. The van der Waals surface area contributed by atoms with E-state index in [1.165, 1.54) is 5.01 Å². The fourth-order valence-electron chi connectivity index (χ4n) is 4.16. The van der Waals surface area contributed by atoms with Crippen LogP contribution >= 0.6 is 11.3 Å². The van der Waals surface area contributed by atoms with E-state index in [0.29, 0.717) is 0 Å². The van der Waals surface area contributed by atoms with Crippen LogP contribution in [0, 0.1) is 5.41 Å². The second-order valence-corrected chi connectivity index (χ2v) is 8.12. The summed E-state index contributed by atoms with van der Waals surface area (Å²) in [6.45, 7) is 7.51. The summed E-state index contributed by atoms with van der Waals surface area (Å²) < 4.78 is 0. The Morgan fingerprint density at radius 1 is 1.45 bits per heavy atom. The molecule has 0 aromatic carbocycles. The van der Waals surface area contributed by atoms with E-state index in [1.54, 1.807) is 18.3 Å².